The van der Waals surface area contributed by atoms with Crippen LogP contribution in [0.2, 0.25) is 0 Å². The zero-order valence-corrected chi connectivity index (χ0v) is 19.1. The van der Waals surface area contributed by atoms with Crippen LogP contribution in [-0.2, 0) is 9.59 Å². The van der Waals surface area contributed by atoms with E-state index in [0.29, 0.717) is 22.7 Å². The molecule has 6 nitrogen and oxygen atoms in total. The van der Waals surface area contributed by atoms with Gasteiger partial charge in [0.25, 0.3) is 11.8 Å². The van der Waals surface area contributed by atoms with Crippen LogP contribution in [0.1, 0.15) is 27.0 Å². The lowest BCUT2D eigenvalue weighted by Crippen LogP contribution is -2.32. The average Bonchev–Trinajstić information content (AvgIpc) is 2.97. The highest BCUT2D eigenvalue weighted by Crippen LogP contribution is 2.30. The highest BCUT2D eigenvalue weighted by molar-refractivity contribution is 6.53. The Morgan fingerprint density at radius 1 is 0.818 bits per heavy atom. The zero-order valence-electron chi connectivity index (χ0n) is 18.3. The predicted octanol–water partition coefficient (Wildman–Crippen LogP) is 5.27. The van der Waals surface area contributed by atoms with Crippen LogP contribution in [0.4, 0.5) is 11.4 Å². The van der Waals surface area contributed by atoms with Gasteiger partial charge in [-0.25, -0.2) is 9.69 Å². The van der Waals surface area contributed by atoms with Crippen LogP contribution in [0.3, 0.4) is 0 Å². The average molecular weight is 461 g/mol. The Kier molecular flexibility index (Phi) is 6.03. The van der Waals surface area contributed by atoms with E-state index in [1.807, 2.05) is 39.0 Å². The van der Waals surface area contributed by atoms with E-state index in [9.17, 15) is 14.4 Å². The fraction of sp³-hybridized carbons (Fsp3) is 0.115. The van der Waals surface area contributed by atoms with Gasteiger partial charge in [0.05, 0.1) is 11.3 Å². The number of nitrogens with zero attached hydrogens (tertiary/aromatic N) is 1. The second-order valence-electron chi connectivity index (χ2n) is 7.89. The van der Waals surface area contributed by atoms with Crippen molar-refractivity contribution in [2.75, 3.05) is 10.2 Å². The number of carbonyl (C=O) groups is 3. The van der Waals surface area contributed by atoms with Crippen molar-refractivity contribution in [2.45, 2.75) is 20.8 Å². The first-order chi connectivity index (χ1) is 15.7. The van der Waals surface area contributed by atoms with Crippen molar-refractivity contribution in [3.63, 3.8) is 0 Å². The van der Waals surface area contributed by atoms with Gasteiger partial charge >= 0.3 is 5.97 Å². The van der Waals surface area contributed by atoms with Crippen molar-refractivity contribution >= 4 is 40.8 Å². The lowest BCUT2D eigenvalue weighted by molar-refractivity contribution is -0.120. The highest BCUT2D eigenvalue weighted by atomic mass is 35.5. The van der Waals surface area contributed by atoms with Gasteiger partial charge in [0.2, 0.25) is 0 Å². The molecule has 0 atom stereocenters. The molecule has 0 aliphatic carbocycles. The normalized spacial score (nSPS) is 13.5. The number of esters is 1. The summed E-state index contributed by atoms with van der Waals surface area (Å²) >= 11 is 6.18. The minimum absolute atomic E-state index is 0.0206. The Hall–Kier alpha value is -3.90. The van der Waals surface area contributed by atoms with Gasteiger partial charge in [-0.15, -0.1) is 0 Å². The Morgan fingerprint density at radius 2 is 1.42 bits per heavy atom. The van der Waals surface area contributed by atoms with Gasteiger partial charge in [-0.3, -0.25) is 9.59 Å². The van der Waals surface area contributed by atoms with Crippen molar-refractivity contribution in [1.29, 1.82) is 0 Å². The molecule has 2 amide bonds. The summed E-state index contributed by atoms with van der Waals surface area (Å²) in [6.45, 7) is 5.77. The van der Waals surface area contributed by atoms with Crippen molar-refractivity contribution in [3.05, 3.63) is 99.7 Å². The molecular formula is C26H21ClN2O4. The van der Waals surface area contributed by atoms with Crippen molar-refractivity contribution < 1.29 is 19.1 Å². The maximum atomic E-state index is 12.9. The summed E-state index contributed by atoms with van der Waals surface area (Å²) in [5.41, 5.74) is 4.26. The Balaban J connectivity index is 1.48. The van der Waals surface area contributed by atoms with Gasteiger partial charge < -0.3 is 10.1 Å². The molecule has 1 N–H and O–H groups in total. The monoisotopic (exact) mass is 460 g/mol. The number of ether oxygens (including phenoxy) is 1. The molecule has 33 heavy (non-hydrogen) atoms. The van der Waals surface area contributed by atoms with Gasteiger partial charge in [0.1, 0.15) is 16.5 Å². The van der Waals surface area contributed by atoms with Crippen LogP contribution in [0.5, 0.6) is 5.75 Å². The fourth-order valence-corrected chi connectivity index (χ4v) is 3.74. The number of hydrogen-bond acceptors (Lipinski definition) is 5. The van der Waals surface area contributed by atoms with Crippen LogP contribution in [0, 0.1) is 20.8 Å². The van der Waals surface area contributed by atoms with Crippen LogP contribution < -0.4 is 15.0 Å². The van der Waals surface area contributed by atoms with Crippen molar-refractivity contribution in [2.24, 2.45) is 0 Å². The summed E-state index contributed by atoms with van der Waals surface area (Å²) in [6.07, 6.45) is 0. The number of benzene rings is 3. The second-order valence-corrected chi connectivity index (χ2v) is 8.26. The molecule has 3 aromatic carbocycles. The van der Waals surface area contributed by atoms with Crippen LogP contribution in [0.15, 0.2) is 77.5 Å². The third-order valence-electron chi connectivity index (χ3n) is 5.12. The third kappa shape index (κ3) is 4.66. The first kappa shape index (κ1) is 22.3. The second kappa shape index (κ2) is 8.92. The molecule has 1 aliphatic heterocycles. The Bertz CT molecular complexity index is 1270. The summed E-state index contributed by atoms with van der Waals surface area (Å²) in [6, 6.07) is 18.9. The largest absolute Gasteiger partial charge is 0.423 e. The van der Waals surface area contributed by atoms with Gasteiger partial charge in [-0.2, -0.15) is 0 Å². The number of halogens is 1. The number of rotatable bonds is 5. The number of anilines is 2. The van der Waals surface area contributed by atoms with E-state index in [1.165, 1.54) is 0 Å². The summed E-state index contributed by atoms with van der Waals surface area (Å²) < 4.78 is 5.46. The zero-order chi connectivity index (χ0) is 23.7. The Morgan fingerprint density at radius 3 is 2.03 bits per heavy atom. The minimum atomic E-state index is -0.596. The van der Waals surface area contributed by atoms with E-state index in [0.717, 1.165) is 21.6 Å². The predicted molar refractivity (Wildman–Crippen MR) is 127 cm³/mol. The summed E-state index contributed by atoms with van der Waals surface area (Å²) in [5.74, 6) is -1.17. The molecule has 0 unspecified atom stereocenters. The molecule has 0 bridgehead atoms. The molecule has 0 radical (unpaired) electrons. The summed E-state index contributed by atoms with van der Waals surface area (Å²) in [4.78, 5) is 39.0. The lowest BCUT2D eigenvalue weighted by Gasteiger charge is -2.15. The van der Waals surface area contributed by atoms with Gasteiger partial charge in [-0.05, 0) is 80.4 Å². The molecule has 0 fully saturated rings. The van der Waals surface area contributed by atoms with E-state index < -0.39 is 17.8 Å². The molecule has 0 spiro atoms. The minimum Gasteiger partial charge on any atom is -0.423 e. The molecule has 0 saturated carbocycles. The third-order valence-corrected chi connectivity index (χ3v) is 5.47. The molecule has 166 valence electrons. The first-order valence-corrected chi connectivity index (χ1v) is 10.6. The van der Waals surface area contributed by atoms with Gasteiger partial charge in [-0.1, -0.05) is 35.4 Å². The van der Waals surface area contributed by atoms with Crippen molar-refractivity contribution in [3.8, 4) is 5.75 Å². The topological polar surface area (TPSA) is 75.7 Å². The lowest BCUT2D eigenvalue weighted by atomic mass is 10.1. The van der Waals surface area contributed by atoms with Crippen LogP contribution >= 0.6 is 11.6 Å². The number of carbonyl (C=O) groups excluding carboxylic acids is 3. The van der Waals surface area contributed by atoms with E-state index in [2.05, 4.69) is 5.32 Å². The number of imide groups is 1. The van der Waals surface area contributed by atoms with E-state index in [1.54, 1.807) is 48.5 Å². The summed E-state index contributed by atoms with van der Waals surface area (Å²) in [5, 5.41) is 2.70. The molecule has 4 rings (SSSR count). The van der Waals surface area contributed by atoms with Gasteiger partial charge in [0, 0.05) is 5.69 Å². The SMILES string of the molecule is Cc1ccc(N2C(=O)C(Cl)=C(Nc3ccc(C(=O)Oc4cc(C)cc(C)c4)cc3)C2=O)cc1. The highest BCUT2D eigenvalue weighted by Gasteiger charge is 2.38. The van der Waals surface area contributed by atoms with Crippen LogP contribution in [-0.4, -0.2) is 17.8 Å². The fourth-order valence-electron chi connectivity index (χ4n) is 3.53. The molecular weight excluding hydrogens is 440 g/mol. The first-order valence-electron chi connectivity index (χ1n) is 10.3. The van der Waals surface area contributed by atoms with Crippen LogP contribution in [0.25, 0.3) is 0 Å². The molecule has 3 aromatic rings. The summed E-state index contributed by atoms with van der Waals surface area (Å²) in [7, 11) is 0. The Labute approximate surface area is 196 Å². The van der Waals surface area contributed by atoms with E-state index in [4.69, 9.17) is 16.3 Å². The van der Waals surface area contributed by atoms with E-state index in [-0.39, 0.29) is 10.7 Å². The molecule has 0 saturated heterocycles. The standard InChI is InChI=1S/C26H21ClN2O4/c1-15-4-10-20(11-5-15)29-24(30)22(27)23(25(29)31)28-19-8-6-18(7-9-19)26(32)33-21-13-16(2)12-17(3)14-21/h4-14,28H,1-3H3. The number of hydrogen-bond donors (Lipinski definition) is 1. The number of aryl methyl sites for hydroxylation is 3. The maximum absolute atomic E-state index is 12.9. The molecule has 1 aliphatic rings. The maximum Gasteiger partial charge on any atom is 0.343 e. The number of amides is 2. The molecule has 7 heteroatoms. The van der Waals surface area contributed by atoms with Crippen molar-refractivity contribution in [1.82, 2.24) is 0 Å². The van der Waals surface area contributed by atoms with E-state index >= 15 is 0 Å². The smallest absolute Gasteiger partial charge is 0.343 e. The van der Waals surface area contributed by atoms with Gasteiger partial charge in [0.15, 0.2) is 0 Å². The quantitative estimate of drug-likeness (QED) is 0.319. The molecule has 1 heterocycles. The number of nitrogens with one attached hydrogen (secondary N) is 1. The molecule has 0 aromatic heterocycles.